The van der Waals surface area contributed by atoms with Crippen molar-refractivity contribution in [2.24, 2.45) is 5.92 Å². The Bertz CT molecular complexity index is 765. The van der Waals surface area contributed by atoms with Crippen molar-refractivity contribution in [3.63, 3.8) is 0 Å². The highest BCUT2D eigenvalue weighted by Crippen LogP contribution is 2.33. The lowest BCUT2D eigenvalue weighted by atomic mass is 10.0. The van der Waals surface area contributed by atoms with Crippen LogP contribution in [0.25, 0.3) is 0 Å². The first kappa shape index (κ1) is 18.6. The molecule has 1 N–H and O–H groups in total. The summed E-state index contributed by atoms with van der Waals surface area (Å²) in [5.41, 5.74) is 1.72. The van der Waals surface area contributed by atoms with Crippen molar-refractivity contribution in [1.29, 1.82) is 0 Å². The third kappa shape index (κ3) is 4.53. The highest BCUT2D eigenvalue weighted by Gasteiger charge is 2.23. The van der Waals surface area contributed by atoms with Crippen LogP contribution in [0.1, 0.15) is 32.4 Å². The normalized spacial score (nSPS) is 20.5. The predicted molar refractivity (Wildman–Crippen MR) is 104 cm³/mol. The standard InChI is InChI=1S/C18H21Cl2N3OS/c1-12-4-3-7-22(9-12)10-14-11-25-18(21-14)23(13(2)24)15-5-6-16(19)17(20)8-15/h5-6,8,11-12H,3-4,7,9-10H2,1-2H3/p+1/t12-/m1/s1. The van der Waals surface area contributed by atoms with E-state index in [2.05, 4.69) is 12.3 Å². The maximum atomic E-state index is 12.2. The zero-order chi connectivity index (χ0) is 18.0. The highest BCUT2D eigenvalue weighted by molar-refractivity contribution is 7.14. The first-order valence-corrected chi connectivity index (χ1v) is 10.1. The van der Waals surface area contributed by atoms with Gasteiger partial charge in [-0.15, -0.1) is 11.3 Å². The quantitative estimate of drug-likeness (QED) is 0.846. The Kier molecular flexibility index (Phi) is 6.00. The molecule has 1 fully saturated rings. The van der Waals surface area contributed by atoms with Crippen LogP contribution in [-0.2, 0) is 11.3 Å². The number of rotatable bonds is 4. The molecular weight excluding hydrogens is 377 g/mol. The minimum absolute atomic E-state index is 0.0989. The first-order valence-electron chi connectivity index (χ1n) is 8.47. The largest absolute Gasteiger partial charge is 0.330 e. The van der Waals surface area contributed by atoms with Gasteiger partial charge in [-0.25, -0.2) is 4.98 Å². The SMILES string of the molecule is CC(=O)N(c1ccc(Cl)c(Cl)c1)c1nc(C[NH+]2CCC[C@@H](C)C2)cs1. The third-order valence-corrected chi connectivity index (χ3v) is 6.12. The molecule has 4 nitrogen and oxygen atoms in total. The molecule has 0 saturated carbocycles. The van der Waals surface area contributed by atoms with Crippen LogP contribution in [0, 0.1) is 5.92 Å². The summed E-state index contributed by atoms with van der Waals surface area (Å²) in [5.74, 6) is 0.671. The van der Waals surface area contributed by atoms with Crippen molar-refractivity contribution in [3.05, 3.63) is 39.3 Å². The molecular formula is C18H22Cl2N3OS+. The molecule has 0 aliphatic carbocycles. The monoisotopic (exact) mass is 398 g/mol. The average molecular weight is 399 g/mol. The Balaban J connectivity index is 1.80. The van der Waals surface area contributed by atoms with E-state index in [0.717, 1.165) is 18.2 Å². The van der Waals surface area contributed by atoms with E-state index in [0.29, 0.717) is 20.9 Å². The molecule has 0 radical (unpaired) electrons. The summed E-state index contributed by atoms with van der Waals surface area (Å²) >= 11 is 13.6. The van der Waals surface area contributed by atoms with Gasteiger partial charge in [0.05, 0.1) is 28.8 Å². The fourth-order valence-electron chi connectivity index (χ4n) is 3.35. The van der Waals surface area contributed by atoms with Crippen LogP contribution in [0.3, 0.4) is 0 Å². The number of thiazole rings is 1. The van der Waals surface area contributed by atoms with E-state index in [-0.39, 0.29) is 5.91 Å². The van der Waals surface area contributed by atoms with Gasteiger partial charge in [-0.1, -0.05) is 30.1 Å². The van der Waals surface area contributed by atoms with Gasteiger partial charge >= 0.3 is 0 Å². The van der Waals surface area contributed by atoms with Crippen LogP contribution >= 0.6 is 34.5 Å². The third-order valence-electron chi connectivity index (χ3n) is 4.50. The molecule has 2 heterocycles. The lowest BCUT2D eigenvalue weighted by Gasteiger charge is -2.27. The van der Waals surface area contributed by atoms with Gasteiger partial charge in [0.15, 0.2) is 5.13 Å². The number of aromatic nitrogens is 1. The van der Waals surface area contributed by atoms with Crippen molar-refractivity contribution in [3.8, 4) is 0 Å². The Labute approximate surface area is 162 Å². The molecule has 1 aliphatic rings. The van der Waals surface area contributed by atoms with Crippen LogP contribution in [0.15, 0.2) is 23.6 Å². The molecule has 1 amide bonds. The van der Waals surface area contributed by atoms with Crippen LogP contribution < -0.4 is 9.80 Å². The minimum Gasteiger partial charge on any atom is -0.330 e. The van der Waals surface area contributed by atoms with Gasteiger partial charge in [0.1, 0.15) is 12.2 Å². The summed E-state index contributed by atoms with van der Waals surface area (Å²) in [6, 6.07) is 5.18. The van der Waals surface area contributed by atoms with Crippen LogP contribution in [0.5, 0.6) is 0 Å². The number of amides is 1. The van der Waals surface area contributed by atoms with Gasteiger partial charge in [-0.3, -0.25) is 9.69 Å². The predicted octanol–water partition coefficient (Wildman–Crippen LogP) is 3.95. The second-order valence-corrected chi connectivity index (χ2v) is 8.35. The molecule has 3 rings (SSSR count). The molecule has 25 heavy (non-hydrogen) atoms. The number of quaternary nitrogens is 1. The van der Waals surface area contributed by atoms with Gasteiger partial charge in [0.25, 0.3) is 0 Å². The summed E-state index contributed by atoms with van der Waals surface area (Å²) in [6.45, 7) is 7.14. The van der Waals surface area contributed by atoms with E-state index in [1.807, 2.05) is 0 Å². The number of carbonyl (C=O) groups excluding carboxylic acids is 1. The number of carbonyl (C=O) groups is 1. The van der Waals surface area contributed by atoms with Crippen molar-refractivity contribution in [2.45, 2.75) is 33.2 Å². The van der Waals surface area contributed by atoms with Crippen molar-refractivity contribution in [1.82, 2.24) is 4.98 Å². The molecule has 1 aliphatic heterocycles. The van der Waals surface area contributed by atoms with Gasteiger partial charge in [-0.05, 0) is 31.0 Å². The number of hydrogen-bond acceptors (Lipinski definition) is 3. The van der Waals surface area contributed by atoms with Crippen molar-refractivity contribution >= 4 is 51.3 Å². The maximum absolute atomic E-state index is 12.2. The number of halogens is 2. The number of piperidine rings is 1. The van der Waals surface area contributed by atoms with E-state index >= 15 is 0 Å². The first-order chi connectivity index (χ1) is 11.9. The zero-order valence-corrected chi connectivity index (χ0v) is 16.7. The van der Waals surface area contributed by atoms with Crippen LogP contribution in [-0.4, -0.2) is 24.0 Å². The fraction of sp³-hybridized carbons (Fsp3) is 0.444. The molecule has 2 atom stereocenters. The molecule has 1 aromatic heterocycles. The molecule has 134 valence electrons. The highest BCUT2D eigenvalue weighted by atomic mass is 35.5. The van der Waals surface area contributed by atoms with Crippen LogP contribution in [0.4, 0.5) is 10.8 Å². The molecule has 7 heteroatoms. The van der Waals surface area contributed by atoms with E-state index in [4.69, 9.17) is 28.2 Å². The number of anilines is 2. The summed E-state index contributed by atoms with van der Waals surface area (Å²) in [6.07, 6.45) is 2.59. The number of nitrogens with one attached hydrogen (secondary N) is 1. The summed E-state index contributed by atoms with van der Waals surface area (Å²) in [7, 11) is 0. The lowest BCUT2D eigenvalue weighted by molar-refractivity contribution is -0.922. The van der Waals surface area contributed by atoms with E-state index in [9.17, 15) is 4.79 Å². The Morgan fingerprint density at radius 3 is 2.88 bits per heavy atom. The second-order valence-electron chi connectivity index (χ2n) is 6.70. The Morgan fingerprint density at radius 1 is 1.40 bits per heavy atom. The Morgan fingerprint density at radius 2 is 2.20 bits per heavy atom. The van der Waals surface area contributed by atoms with E-state index < -0.39 is 0 Å². The zero-order valence-electron chi connectivity index (χ0n) is 14.4. The van der Waals surface area contributed by atoms with Crippen molar-refractivity contribution < 1.29 is 9.69 Å². The number of likely N-dealkylation sites (tertiary alicyclic amines) is 1. The Hall–Kier alpha value is -1.14. The number of nitrogens with zero attached hydrogens (tertiary/aromatic N) is 2. The van der Waals surface area contributed by atoms with Gasteiger partial charge < -0.3 is 4.90 Å². The average Bonchev–Trinajstić information content (AvgIpc) is 2.98. The molecule has 2 aromatic rings. The molecule has 0 spiro atoms. The topological polar surface area (TPSA) is 37.6 Å². The fourth-order valence-corrected chi connectivity index (χ4v) is 4.52. The molecule has 0 bridgehead atoms. The molecule has 1 saturated heterocycles. The molecule has 1 aromatic carbocycles. The van der Waals surface area contributed by atoms with Gasteiger partial charge in [0, 0.05) is 18.2 Å². The molecule has 1 unspecified atom stereocenters. The minimum atomic E-state index is -0.0989. The van der Waals surface area contributed by atoms with Gasteiger partial charge in [0.2, 0.25) is 5.91 Å². The van der Waals surface area contributed by atoms with Crippen molar-refractivity contribution in [2.75, 3.05) is 18.0 Å². The number of benzene rings is 1. The smallest absolute Gasteiger partial charge is 0.230 e. The summed E-state index contributed by atoms with van der Waals surface area (Å²) in [4.78, 5) is 20.1. The summed E-state index contributed by atoms with van der Waals surface area (Å²) in [5, 5.41) is 3.62. The van der Waals surface area contributed by atoms with Crippen LogP contribution in [0.2, 0.25) is 10.0 Å². The second kappa shape index (κ2) is 8.04. The number of hydrogen-bond donors (Lipinski definition) is 1. The summed E-state index contributed by atoms with van der Waals surface area (Å²) < 4.78 is 0. The maximum Gasteiger partial charge on any atom is 0.230 e. The lowest BCUT2D eigenvalue weighted by Crippen LogP contribution is -3.12. The van der Waals surface area contributed by atoms with E-state index in [1.54, 1.807) is 28.0 Å². The van der Waals surface area contributed by atoms with E-state index in [1.165, 1.54) is 44.2 Å². The van der Waals surface area contributed by atoms with Gasteiger partial charge in [-0.2, -0.15) is 0 Å².